The molecule has 1 aliphatic carbocycles. The van der Waals surface area contributed by atoms with Crippen molar-refractivity contribution in [3.8, 4) is 22.3 Å². The lowest BCUT2D eigenvalue weighted by Gasteiger charge is -2.34. The van der Waals surface area contributed by atoms with Crippen molar-refractivity contribution < 1.29 is 0 Å². The zero-order valence-electron chi connectivity index (χ0n) is 22.6. The highest BCUT2D eigenvalue weighted by Gasteiger charge is 2.46. The van der Waals surface area contributed by atoms with Crippen LogP contribution < -0.4 is 0 Å². The van der Waals surface area contributed by atoms with Crippen molar-refractivity contribution in [2.75, 3.05) is 0 Å². The molecule has 5 aromatic carbocycles. The van der Waals surface area contributed by atoms with Crippen LogP contribution in [0.2, 0.25) is 0 Å². The first kappa shape index (κ1) is 24.6. The van der Waals surface area contributed by atoms with E-state index in [1.165, 1.54) is 55.6 Å². The van der Waals surface area contributed by atoms with Crippen LogP contribution in [0.5, 0.6) is 0 Å². The minimum atomic E-state index is -0.448. The van der Waals surface area contributed by atoms with Gasteiger partial charge >= 0.3 is 0 Å². The van der Waals surface area contributed by atoms with Gasteiger partial charge in [0, 0.05) is 0 Å². The normalized spacial score (nSPS) is 13.3. The SMILES string of the molecule is C=C/C(=C\C=C(C)C)c1ccc2c(c1)C(c1ccccc1)(c1ccccc1)c1cc(-c3ccccc3)ccc1-2. The van der Waals surface area contributed by atoms with E-state index in [-0.39, 0.29) is 0 Å². The minimum Gasteiger partial charge on any atom is -0.0984 e. The largest absolute Gasteiger partial charge is 0.0984 e. The Morgan fingerprint density at radius 3 is 1.67 bits per heavy atom. The van der Waals surface area contributed by atoms with Crippen molar-refractivity contribution in [2.45, 2.75) is 19.3 Å². The molecule has 0 N–H and O–H groups in total. The first-order valence-corrected chi connectivity index (χ1v) is 13.6. The van der Waals surface area contributed by atoms with Gasteiger partial charge in [-0.05, 0) is 81.6 Å². The number of benzene rings is 5. The lowest BCUT2D eigenvalue weighted by atomic mass is 9.67. The van der Waals surface area contributed by atoms with Crippen LogP contribution in [0.4, 0.5) is 0 Å². The number of allylic oxidation sites excluding steroid dienone is 5. The summed E-state index contributed by atoms with van der Waals surface area (Å²) in [5.74, 6) is 0. The molecular formula is C39H32. The molecule has 1 aliphatic rings. The Balaban J connectivity index is 1.71. The molecule has 0 atom stereocenters. The van der Waals surface area contributed by atoms with Crippen LogP contribution in [0.15, 0.2) is 158 Å². The van der Waals surface area contributed by atoms with E-state index in [1.807, 2.05) is 6.08 Å². The average Bonchev–Trinajstić information content (AvgIpc) is 3.28. The smallest absolute Gasteiger partial charge is 0.0713 e. The van der Waals surface area contributed by atoms with E-state index in [1.54, 1.807) is 0 Å². The topological polar surface area (TPSA) is 0 Å². The van der Waals surface area contributed by atoms with Gasteiger partial charge in [0.05, 0.1) is 5.41 Å². The molecule has 39 heavy (non-hydrogen) atoms. The predicted molar refractivity (Wildman–Crippen MR) is 167 cm³/mol. The van der Waals surface area contributed by atoms with Gasteiger partial charge in [0.1, 0.15) is 0 Å². The van der Waals surface area contributed by atoms with E-state index in [9.17, 15) is 0 Å². The zero-order valence-corrected chi connectivity index (χ0v) is 22.6. The summed E-state index contributed by atoms with van der Waals surface area (Å²) in [6.07, 6.45) is 6.29. The van der Waals surface area contributed by atoms with Gasteiger partial charge in [0.25, 0.3) is 0 Å². The molecule has 188 valence electrons. The summed E-state index contributed by atoms with van der Waals surface area (Å²) in [6, 6.07) is 46.6. The quantitative estimate of drug-likeness (QED) is 0.200. The van der Waals surface area contributed by atoms with Crippen molar-refractivity contribution >= 4 is 5.57 Å². The maximum absolute atomic E-state index is 4.15. The van der Waals surface area contributed by atoms with Crippen LogP contribution in [-0.4, -0.2) is 0 Å². The summed E-state index contributed by atoms with van der Waals surface area (Å²) in [4.78, 5) is 0. The van der Waals surface area contributed by atoms with Crippen molar-refractivity contribution in [1.29, 1.82) is 0 Å². The molecule has 0 aliphatic heterocycles. The van der Waals surface area contributed by atoms with Gasteiger partial charge < -0.3 is 0 Å². The van der Waals surface area contributed by atoms with E-state index >= 15 is 0 Å². The lowest BCUT2D eigenvalue weighted by Crippen LogP contribution is -2.28. The fourth-order valence-electron chi connectivity index (χ4n) is 6.02. The average molecular weight is 501 g/mol. The first-order chi connectivity index (χ1) is 19.1. The molecule has 0 fully saturated rings. The van der Waals surface area contributed by atoms with Gasteiger partial charge in [-0.2, -0.15) is 0 Å². The molecule has 0 bridgehead atoms. The highest BCUT2D eigenvalue weighted by Crippen LogP contribution is 2.57. The predicted octanol–water partition coefficient (Wildman–Crippen LogP) is 10.3. The van der Waals surface area contributed by atoms with Gasteiger partial charge in [-0.25, -0.2) is 0 Å². The molecule has 0 radical (unpaired) electrons. The van der Waals surface area contributed by atoms with Crippen LogP contribution in [0.3, 0.4) is 0 Å². The number of fused-ring (bicyclic) bond motifs is 3. The maximum Gasteiger partial charge on any atom is 0.0713 e. The molecular weight excluding hydrogens is 468 g/mol. The summed E-state index contributed by atoms with van der Waals surface area (Å²) in [6.45, 7) is 8.39. The maximum atomic E-state index is 4.15. The molecule has 0 nitrogen and oxygen atoms in total. The Morgan fingerprint density at radius 1 is 0.564 bits per heavy atom. The lowest BCUT2D eigenvalue weighted by molar-refractivity contribution is 0.768. The monoisotopic (exact) mass is 500 g/mol. The Morgan fingerprint density at radius 2 is 1.10 bits per heavy atom. The van der Waals surface area contributed by atoms with Crippen molar-refractivity contribution in [3.63, 3.8) is 0 Å². The molecule has 0 amide bonds. The molecule has 6 rings (SSSR count). The summed E-state index contributed by atoms with van der Waals surface area (Å²) in [7, 11) is 0. The third-order valence-corrected chi connectivity index (χ3v) is 7.81. The number of rotatable bonds is 6. The third kappa shape index (κ3) is 4.19. The van der Waals surface area contributed by atoms with Gasteiger partial charge in [-0.3, -0.25) is 0 Å². The van der Waals surface area contributed by atoms with Gasteiger partial charge in [-0.15, -0.1) is 0 Å². The molecule has 0 saturated heterocycles. The van der Waals surface area contributed by atoms with Crippen LogP contribution in [0.25, 0.3) is 27.8 Å². The van der Waals surface area contributed by atoms with Crippen LogP contribution in [0, 0.1) is 0 Å². The molecule has 5 aromatic rings. The number of hydrogen-bond acceptors (Lipinski definition) is 0. The van der Waals surface area contributed by atoms with Crippen LogP contribution in [0.1, 0.15) is 41.7 Å². The molecule has 0 spiro atoms. The van der Waals surface area contributed by atoms with E-state index in [0.717, 1.165) is 5.57 Å². The molecule has 0 unspecified atom stereocenters. The van der Waals surface area contributed by atoms with E-state index < -0.39 is 5.41 Å². The minimum absolute atomic E-state index is 0.448. The second-order valence-electron chi connectivity index (χ2n) is 10.4. The summed E-state index contributed by atoms with van der Waals surface area (Å²) < 4.78 is 0. The molecule has 0 heteroatoms. The zero-order chi connectivity index (χ0) is 26.8. The Bertz CT molecular complexity index is 1660. The molecule has 0 saturated carbocycles. The highest BCUT2D eigenvalue weighted by atomic mass is 14.5. The molecule has 0 aromatic heterocycles. The summed E-state index contributed by atoms with van der Waals surface area (Å²) in [5.41, 5.74) is 13.3. The summed E-state index contributed by atoms with van der Waals surface area (Å²) >= 11 is 0. The molecule has 0 heterocycles. The Kier molecular flexibility index (Phi) is 6.47. The number of hydrogen-bond donors (Lipinski definition) is 0. The van der Waals surface area contributed by atoms with E-state index in [2.05, 4.69) is 160 Å². The van der Waals surface area contributed by atoms with Gasteiger partial charge in [0.2, 0.25) is 0 Å². The van der Waals surface area contributed by atoms with E-state index in [4.69, 9.17) is 0 Å². The third-order valence-electron chi connectivity index (χ3n) is 7.81. The van der Waals surface area contributed by atoms with Gasteiger partial charge in [-0.1, -0.05) is 146 Å². The van der Waals surface area contributed by atoms with Crippen LogP contribution in [-0.2, 0) is 5.41 Å². The second-order valence-corrected chi connectivity index (χ2v) is 10.4. The van der Waals surface area contributed by atoms with Gasteiger partial charge in [0.15, 0.2) is 0 Å². The first-order valence-electron chi connectivity index (χ1n) is 13.6. The Labute approximate surface area is 232 Å². The van der Waals surface area contributed by atoms with Crippen molar-refractivity contribution in [2.24, 2.45) is 0 Å². The Hall–Kier alpha value is -4.68. The summed E-state index contributed by atoms with van der Waals surface area (Å²) in [5, 5.41) is 0. The highest BCUT2D eigenvalue weighted by molar-refractivity contribution is 5.90. The fourth-order valence-corrected chi connectivity index (χ4v) is 6.02. The standard InChI is InChI=1S/C39H32/c1-4-29(21-20-28(2)3)31-22-24-35-36-25-23-32(30-14-8-5-9-15-30)27-38(36)39(37(35)26-31,33-16-10-6-11-17-33)34-18-12-7-13-19-34/h4-27H,1H2,2-3H3/b29-21+. The van der Waals surface area contributed by atoms with Crippen molar-refractivity contribution in [1.82, 2.24) is 0 Å². The fraction of sp³-hybridized carbons (Fsp3) is 0.0769. The second kappa shape index (κ2) is 10.2. The van der Waals surface area contributed by atoms with E-state index in [0.29, 0.717) is 0 Å². The van der Waals surface area contributed by atoms with Crippen LogP contribution >= 0.6 is 0 Å². The van der Waals surface area contributed by atoms with Crippen molar-refractivity contribution in [3.05, 3.63) is 186 Å².